The summed E-state index contributed by atoms with van der Waals surface area (Å²) in [6.07, 6.45) is 5.26. The second-order valence-electron chi connectivity index (χ2n) is 6.59. The SMILES string of the molecule is CN(CC1CCCO1)C(=O)c1coc(COc2ccc3ncccc3c2)n1. The molecule has 2 aromatic heterocycles. The smallest absolute Gasteiger partial charge is 0.275 e. The quantitative estimate of drug-likeness (QED) is 0.666. The first-order valence-corrected chi connectivity index (χ1v) is 8.98. The van der Waals surface area contributed by atoms with Gasteiger partial charge < -0.3 is 18.8 Å². The molecule has 3 aromatic rings. The third-order valence-electron chi connectivity index (χ3n) is 4.56. The fraction of sp³-hybridized carbons (Fsp3) is 0.350. The van der Waals surface area contributed by atoms with E-state index in [1.54, 1.807) is 18.1 Å². The minimum absolute atomic E-state index is 0.107. The number of likely N-dealkylation sites (N-methyl/N-ethyl adjacent to an activating group) is 1. The number of hydrogen-bond acceptors (Lipinski definition) is 6. The zero-order chi connectivity index (χ0) is 18.6. The fourth-order valence-corrected chi connectivity index (χ4v) is 3.14. The Hall–Kier alpha value is -2.93. The molecule has 1 atom stereocenters. The maximum atomic E-state index is 12.5. The van der Waals surface area contributed by atoms with Gasteiger partial charge in [0, 0.05) is 31.8 Å². The summed E-state index contributed by atoms with van der Waals surface area (Å²) in [7, 11) is 1.75. The Morgan fingerprint density at radius 1 is 1.37 bits per heavy atom. The van der Waals surface area contributed by atoms with E-state index in [0.29, 0.717) is 18.2 Å². The molecule has 0 bridgehead atoms. The normalized spacial score (nSPS) is 16.6. The molecule has 7 heteroatoms. The van der Waals surface area contributed by atoms with Crippen LogP contribution in [-0.2, 0) is 11.3 Å². The van der Waals surface area contributed by atoms with Crippen molar-refractivity contribution in [1.82, 2.24) is 14.9 Å². The number of fused-ring (bicyclic) bond motifs is 1. The van der Waals surface area contributed by atoms with Gasteiger partial charge in [0.15, 0.2) is 12.3 Å². The highest BCUT2D eigenvalue weighted by molar-refractivity contribution is 5.91. The summed E-state index contributed by atoms with van der Waals surface area (Å²) < 4.78 is 16.7. The van der Waals surface area contributed by atoms with Gasteiger partial charge in [-0.2, -0.15) is 0 Å². The van der Waals surface area contributed by atoms with Crippen LogP contribution in [0.2, 0.25) is 0 Å². The second kappa shape index (κ2) is 7.75. The highest BCUT2D eigenvalue weighted by Crippen LogP contribution is 2.20. The number of pyridine rings is 1. The van der Waals surface area contributed by atoms with Crippen LogP contribution >= 0.6 is 0 Å². The molecule has 3 heterocycles. The third kappa shape index (κ3) is 4.09. The Morgan fingerprint density at radius 3 is 3.15 bits per heavy atom. The van der Waals surface area contributed by atoms with E-state index in [1.807, 2.05) is 30.3 Å². The minimum atomic E-state index is -0.183. The number of nitrogens with zero attached hydrogens (tertiary/aromatic N) is 3. The highest BCUT2D eigenvalue weighted by atomic mass is 16.5. The van der Waals surface area contributed by atoms with E-state index in [1.165, 1.54) is 6.26 Å². The van der Waals surface area contributed by atoms with Crippen molar-refractivity contribution in [3.8, 4) is 5.75 Å². The lowest BCUT2D eigenvalue weighted by molar-refractivity contribution is 0.0582. The van der Waals surface area contributed by atoms with Gasteiger partial charge in [-0.15, -0.1) is 0 Å². The Bertz CT molecular complexity index is 934. The molecule has 1 aliphatic rings. The molecule has 1 aliphatic heterocycles. The van der Waals surface area contributed by atoms with Crippen molar-refractivity contribution < 1.29 is 18.7 Å². The number of amides is 1. The Balaban J connectivity index is 1.36. The predicted molar refractivity (Wildman–Crippen MR) is 98.5 cm³/mol. The molecule has 0 N–H and O–H groups in total. The number of benzene rings is 1. The molecule has 4 rings (SSSR count). The van der Waals surface area contributed by atoms with E-state index in [-0.39, 0.29) is 24.3 Å². The highest BCUT2D eigenvalue weighted by Gasteiger charge is 2.22. The predicted octanol–water partition coefficient (Wildman–Crippen LogP) is 3.05. The molecular formula is C20H21N3O4. The average Bonchev–Trinajstić information content (AvgIpc) is 3.37. The molecule has 1 unspecified atom stereocenters. The van der Waals surface area contributed by atoms with Gasteiger partial charge in [0.2, 0.25) is 5.89 Å². The molecule has 7 nitrogen and oxygen atoms in total. The Morgan fingerprint density at radius 2 is 2.30 bits per heavy atom. The number of rotatable bonds is 6. The summed E-state index contributed by atoms with van der Waals surface area (Å²) in [6.45, 7) is 1.47. The average molecular weight is 367 g/mol. The van der Waals surface area contributed by atoms with Gasteiger partial charge in [-0.05, 0) is 37.1 Å². The van der Waals surface area contributed by atoms with Crippen molar-refractivity contribution in [3.63, 3.8) is 0 Å². The van der Waals surface area contributed by atoms with Crippen LogP contribution in [0, 0.1) is 0 Å². The molecule has 0 spiro atoms. The van der Waals surface area contributed by atoms with Crippen LogP contribution in [0.25, 0.3) is 10.9 Å². The summed E-state index contributed by atoms with van der Waals surface area (Å²) in [5, 5.41) is 0.994. The number of aromatic nitrogens is 2. The molecule has 27 heavy (non-hydrogen) atoms. The molecule has 0 radical (unpaired) electrons. The third-order valence-corrected chi connectivity index (χ3v) is 4.56. The second-order valence-corrected chi connectivity index (χ2v) is 6.59. The van der Waals surface area contributed by atoms with Crippen molar-refractivity contribution in [2.45, 2.75) is 25.6 Å². The van der Waals surface area contributed by atoms with Crippen molar-refractivity contribution in [2.24, 2.45) is 0 Å². The molecule has 1 aromatic carbocycles. The summed E-state index contributed by atoms with van der Waals surface area (Å²) in [5.74, 6) is 0.865. The van der Waals surface area contributed by atoms with E-state index in [4.69, 9.17) is 13.9 Å². The van der Waals surface area contributed by atoms with Gasteiger partial charge in [-0.3, -0.25) is 9.78 Å². The topological polar surface area (TPSA) is 77.7 Å². The first-order valence-electron chi connectivity index (χ1n) is 8.98. The number of hydrogen-bond donors (Lipinski definition) is 0. The molecule has 1 fully saturated rings. The zero-order valence-electron chi connectivity index (χ0n) is 15.1. The molecule has 0 aliphatic carbocycles. The van der Waals surface area contributed by atoms with E-state index in [0.717, 1.165) is 30.4 Å². The van der Waals surface area contributed by atoms with Crippen molar-refractivity contribution in [3.05, 3.63) is 54.4 Å². The standard InChI is InChI=1S/C20H21N3O4/c1-23(11-16-5-3-9-25-16)20(24)18-12-27-19(22-18)13-26-15-6-7-17-14(10-15)4-2-8-21-17/h2,4,6-8,10,12,16H,3,5,9,11,13H2,1H3. The van der Waals surface area contributed by atoms with E-state index in [9.17, 15) is 4.79 Å². The number of carbonyl (C=O) groups is 1. The molecule has 1 amide bonds. The lowest BCUT2D eigenvalue weighted by atomic mass is 10.2. The van der Waals surface area contributed by atoms with Crippen LogP contribution in [0.5, 0.6) is 5.75 Å². The molecule has 1 saturated heterocycles. The summed E-state index contributed by atoms with van der Waals surface area (Å²) >= 11 is 0. The van der Waals surface area contributed by atoms with Crippen LogP contribution in [0.1, 0.15) is 29.2 Å². The van der Waals surface area contributed by atoms with Gasteiger partial charge in [0.1, 0.15) is 12.0 Å². The monoisotopic (exact) mass is 367 g/mol. The van der Waals surface area contributed by atoms with Crippen LogP contribution in [-0.4, -0.2) is 47.1 Å². The molecular weight excluding hydrogens is 346 g/mol. The van der Waals surface area contributed by atoms with Gasteiger partial charge >= 0.3 is 0 Å². The van der Waals surface area contributed by atoms with E-state index in [2.05, 4.69) is 9.97 Å². The maximum absolute atomic E-state index is 12.5. The Kier molecular flexibility index (Phi) is 5.02. The lowest BCUT2D eigenvalue weighted by Crippen LogP contribution is -2.34. The zero-order valence-corrected chi connectivity index (χ0v) is 15.1. The molecule has 140 valence electrons. The summed E-state index contributed by atoms with van der Waals surface area (Å²) in [4.78, 5) is 22.6. The largest absolute Gasteiger partial charge is 0.484 e. The summed E-state index contributed by atoms with van der Waals surface area (Å²) in [5.41, 5.74) is 1.18. The van der Waals surface area contributed by atoms with E-state index >= 15 is 0 Å². The van der Waals surface area contributed by atoms with Crippen molar-refractivity contribution >= 4 is 16.8 Å². The van der Waals surface area contributed by atoms with Crippen molar-refractivity contribution in [2.75, 3.05) is 20.2 Å². The van der Waals surface area contributed by atoms with Gasteiger partial charge in [0.25, 0.3) is 5.91 Å². The van der Waals surface area contributed by atoms with Crippen LogP contribution in [0.4, 0.5) is 0 Å². The van der Waals surface area contributed by atoms with Gasteiger partial charge in [-0.25, -0.2) is 4.98 Å². The summed E-state index contributed by atoms with van der Waals surface area (Å²) in [6, 6.07) is 9.51. The molecule has 0 saturated carbocycles. The maximum Gasteiger partial charge on any atom is 0.275 e. The fourth-order valence-electron chi connectivity index (χ4n) is 3.14. The first-order chi connectivity index (χ1) is 13.2. The van der Waals surface area contributed by atoms with Crippen LogP contribution < -0.4 is 4.74 Å². The van der Waals surface area contributed by atoms with Gasteiger partial charge in [0.05, 0.1) is 11.6 Å². The number of oxazole rings is 1. The van der Waals surface area contributed by atoms with Crippen molar-refractivity contribution in [1.29, 1.82) is 0 Å². The van der Waals surface area contributed by atoms with Crippen LogP contribution in [0.15, 0.2) is 47.2 Å². The van der Waals surface area contributed by atoms with Gasteiger partial charge in [-0.1, -0.05) is 6.07 Å². The minimum Gasteiger partial charge on any atom is -0.484 e. The lowest BCUT2D eigenvalue weighted by Gasteiger charge is -2.19. The van der Waals surface area contributed by atoms with Crippen LogP contribution in [0.3, 0.4) is 0 Å². The number of ether oxygens (including phenoxy) is 2. The first kappa shape index (κ1) is 17.5. The van der Waals surface area contributed by atoms with E-state index < -0.39 is 0 Å². The Labute approximate surface area is 156 Å². The number of carbonyl (C=O) groups excluding carboxylic acids is 1.